The molecule has 0 aliphatic heterocycles. The Kier molecular flexibility index (Phi) is 2.72. The number of benzene rings is 2. The molecule has 0 unspecified atom stereocenters. The summed E-state index contributed by atoms with van der Waals surface area (Å²) in [7, 11) is 0. The van der Waals surface area contributed by atoms with Gasteiger partial charge in [0.05, 0.1) is 21.2 Å². The van der Waals surface area contributed by atoms with Crippen LogP contribution in [-0.2, 0) is 0 Å². The first kappa shape index (κ1) is 11.7. The minimum Gasteiger partial charge on any atom is -0.315 e. The van der Waals surface area contributed by atoms with E-state index in [2.05, 4.69) is 0 Å². The molecule has 0 amide bonds. The number of halogens is 1. The zero-order valence-electron chi connectivity index (χ0n) is 9.79. The van der Waals surface area contributed by atoms with Crippen molar-refractivity contribution in [1.29, 1.82) is 0 Å². The lowest BCUT2D eigenvalue weighted by atomic mass is 10.2. The molecule has 1 heterocycles. The zero-order valence-corrected chi connectivity index (χ0v) is 10.5. The maximum Gasteiger partial charge on any atom is 0.271 e. The molecular weight excluding hydrogens is 264 g/mol. The molecule has 94 valence electrons. The van der Waals surface area contributed by atoms with Crippen LogP contribution in [0.5, 0.6) is 0 Å². The van der Waals surface area contributed by atoms with Crippen molar-refractivity contribution >= 4 is 28.2 Å². The van der Waals surface area contributed by atoms with Gasteiger partial charge in [0.25, 0.3) is 5.69 Å². The molecule has 3 aromatic rings. The number of nitrogens with zero attached hydrogens (tertiary/aromatic N) is 2. The van der Waals surface area contributed by atoms with Crippen LogP contribution in [0.4, 0.5) is 5.69 Å². The number of hydrogen-bond acceptors (Lipinski definition) is 2. The van der Waals surface area contributed by atoms with Gasteiger partial charge in [0.2, 0.25) is 0 Å². The first-order valence-corrected chi connectivity index (χ1v) is 6.05. The summed E-state index contributed by atoms with van der Waals surface area (Å²) in [6, 6.07) is 14.2. The number of nitro groups is 1. The second-order valence-electron chi connectivity index (χ2n) is 4.14. The van der Waals surface area contributed by atoms with E-state index < -0.39 is 4.92 Å². The van der Waals surface area contributed by atoms with Gasteiger partial charge in [0.1, 0.15) is 0 Å². The van der Waals surface area contributed by atoms with E-state index >= 15 is 0 Å². The lowest BCUT2D eigenvalue weighted by Crippen LogP contribution is -1.95. The molecule has 19 heavy (non-hydrogen) atoms. The van der Waals surface area contributed by atoms with E-state index in [1.807, 2.05) is 41.1 Å². The van der Waals surface area contributed by atoms with E-state index in [9.17, 15) is 10.1 Å². The van der Waals surface area contributed by atoms with E-state index in [0.29, 0.717) is 10.7 Å². The number of para-hydroxylation sites is 1. The lowest BCUT2D eigenvalue weighted by Gasteiger charge is -2.07. The van der Waals surface area contributed by atoms with Crippen LogP contribution >= 0.6 is 11.6 Å². The Morgan fingerprint density at radius 3 is 2.68 bits per heavy atom. The van der Waals surface area contributed by atoms with E-state index in [-0.39, 0.29) is 5.69 Å². The molecule has 0 saturated heterocycles. The third-order valence-corrected chi connectivity index (χ3v) is 3.32. The highest BCUT2D eigenvalue weighted by Gasteiger charge is 2.12. The average Bonchev–Trinajstić information content (AvgIpc) is 2.83. The number of rotatable bonds is 2. The molecule has 3 rings (SSSR count). The van der Waals surface area contributed by atoms with Gasteiger partial charge in [0, 0.05) is 18.3 Å². The number of aromatic nitrogens is 1. The second-order valence-corrected chi connectivity index (χ2v) is 4.54. The summed E-state index contributed by atoms with van der Waals surface area (Å²) in [5.41, 5.74) is 1.60. The van der Waals surface area contributed by atoms with Crippen molar-refractivity contribution in [2.24, 2.45) is 0 Å². The van der Waals surface area contributed by atoms with Gasteiger partial charge >= 0.3 is 0 Å². The molecule has 0 aliphatic rings. The Hall–Kier alpha value is -2.33. The van der Waals surface area contributed by atoms with Gasteiger partial charge in [-0.25, -0.2) is 0 Å². The quantitative estimate of drug-likeness (QED) is 0.519. The van der Waals surface area contributed by atoms with Crippen LogP contribution in [0, 0.1) is 10.1 Å². The minimum absolute atomic E-state index is 0.0252. The SMILES string of the molecule is O=[N+]([O-])c1ccc(Cl)c(-n2ccc3ccccc32)c1. The number of non-ortho nitro benzene ring substituents is 1. The molecule has 1 aromatic heterocycles. The van der Waals surface area contributed by atoms with Gasteiger partial charge in [-0.05, 0) is 23.6 Å². The van der Waals surface area contributed by atoms with Crippen LogP contribution in [0.25, 0.3) is 16.6 Å². The number of hydrogen-bond donors (Lipinski definition) is 0. The molecule has 2 aromatic carbocycles. The Bertz CT molecular complexity index is 780. The summed E-state index contributed by atoms with van der Waals surface area (Å²) in [4.78, 5) is 10.4. The predicted molar refractivity (Wildman–Crippen MR) is 74.9 cm³/mol. The van der Waals surface area contributed by atoms with E-state index in [4.69, 9.17) is 11.6 Å². The zero-order chi connectivity index (χ0) is 13.4. The van der Waals surface area contributed by atoms with Crippen molar-refractivity contribution in [3.05, 3.63) is 69.9 Å². The van der Waals surface area contributed by atoms with Gasteiger partial charge < -0.3 is 4.57 Å². The summed E-state index contributed by atoms with van der Waals surface area (Å²) >= 11 is 6.15. The third-order valence-electron chi connectivity index (χ3n) is 3.00. The molecule has 0 N–H and O–H groups in total. The fourth-order valence-corrected chi connectivity index (χ4v) is 2.30. The third kappa shape index (κ3) is 1.96. The number of nitro benzene ring substituents is 1. The Labute approximate surface area is 114 Å². The molecule has 0 bridgehead atoms. The maximum absolute atomic E-state index is 10.9. The fourth-order valence-electron chi connectivity index (χ4n) is 2.09. The normalized spacial score (nSPS) is 10.8. The summed E-state index contributed by atoms with van der Waals surface area (Å²) in [5, 5.41) is 12.4. The highest BCUT2D eigenvalue weighted by Crippen LogP contribution is 2.29. The van der Waals surface area contributed by atoms with Crippen LogP contribution in [0.15, 0.2) is 54.7 Å². The maximum atomic E-state index is 10.9. The summed E-state index contributed by atoms with van der Waals surface area (Å²) in [6.45, 7) is 0. The molecule has 0 radical (unpaired) electrons. The van der Waals surface area contributed by atoms with Crippen molar-refractivity contribution in [3.8, 4) is 5.69 Å². The van der Waals surface area contributed by atoms with E-state index in [1.54, 1.807) is 6.07 Å². The molecule has 0 fully saturated rings. The highest BCUT2D eigenvalue weighted by molar-refractivity contribution is 6.32. The van der Waals surface area contributed by atoms with Crippen LogP contribution in [0.1, 0.15) is 0 Å². The largest absolute Gasteiger partial charge is 0.315 e. The summed E-state index contributed by atoms with van der Waals surface area (Å²) in [6.07, 6.45) is 1.86. The highest BCUT2D eigenvalue weighted by atomic mass is 35.5. The average molecular weight is 273 g/mol. The molecule has 0 spiro atoms. The molecule has 4 nitrogen and oxygen atoms in total. The smallest absolute Gasteiger partial charge is 0.271 e. The molecular formula is C14H9ClN2O2. The predicted octanol–water partition coefficient (Wildman–Crippen LogP) is 4.19. The van der Waals surface area contributed by atoms with Gasteiger partial charge in [-0.3, -0.25) is 10.1 Å². The molecule has 0 saturated carbocycles. The van der Waals surface area contributed by atoms with Gasteiger partial charge in [-0.1, -0.05) is 29.8 Å². The van der Waals surface area contributed by atoms with Crippen LogP contribution < -0.4 is 0 Å². The van der Waals surface area contributed by atoms with E-state index in [1.165, 1.54) is 12.1 Å². The van der Waals surface area contributed by atoms with Crippen molar-refractivity contribution in [2.45, 2.75) is 0 Å². The molecule has 0 aliphatic carbocycles. The van der Waals surface area contributed by atoms with Gasteiger partial charge in [-0.15, -0.1) is 0 Å². The van der Waals surface area contributed by atoms with Crippen LogP contribution in [-0.4, -0.2) is 9.49 Å². The monoisotopic (exact) mass is 272 g/mol. The van der Waals surface area contributed by atoms with Crippen LogP contribution in [0.2, 0.25) is 5.02 Å². The minimum atomic E-state index is -0.425. The Balaban J connectivity index is 2.26. The Morgan fingerprint density at radius 1 is 1.11 bits per heavy atom. The lowest BCUT2D eigenvalue weighted by molar-refractivity contribution is -0.384. The van der Waals surface area contributed by atoms with Crippen molar-refractivity contribution in [3.63, 3.8) is 0 Å². The standard InChI is InChI=1S/C14H9ClN2O2/c15-12-6-5-11(17(18)19)9-14(12)16-8-7-10-3-1-2-4-13(10)16/h1-9H. The fraction of sp³-hybridized carbons (Fsp3) is 0. The van der Waals surface area contributed by atoms with Crippen molar-refractivity contribution < 1.29 is 4.92 Å². The topological polar surface area (TPSA) is 48.1 Å². The summed E-state index contributed by atoms with van der Waals surface area (Å²) < 4.78 is 1.85. The van der Waals surface area contributed by atoms with Crippen molar-refractivity contribution in [2.75, 3.05) is 0 Å². The summed E-state index contributed by atoms with van der Waals surface area (Å²) in [5.74, 6) is 0. The molecule has 0 atom stereocenters. The van der Waals surface area contributed by atoms with Crippen molar-refractivity contribution in [1.82, 2.24) is 4.57 Å². The first-order valence-electron chi connectivity index (χ1n) is 5.67. The van der Waals surface area contributed by atoms with Crippen LogP contribution in [0.3, 0.4) is 0 Å². The first-order chi connectivity index (χ1) is 9.16. The second kappa shape index (κ2) is 4.40. The Morgan fingerprint density at radius 2 is 1.89 bits per heavy atom. The van der Waals surface area contributed by atoms with Gasteiger partial charge in [0.15, 0.2) is 0 Å². The molecule has 5 heteroatoms. The van der Waals surface area contributed by atoms with E-state index in [0.717, 1.165) is 10.9 Å². The van der Waals surface area contributed by atoms with Gasteiger partial charge in [-0.2, -0.15) is 0 Å². The number of fused-ring (bicyclic) bond motifs is 1.